The lowest BCUT2D eigenvalue weighted by molar-refractivity contribution is 0.259. The number of unbranched alkanes of at least 4 members (excludes halogenated alkanes) is 2. The largest absolute Gasteiger partial charge is 0.276 e. The molecule has 0 rings (SSSR count). The summed E-state index contributed by atoms with van der Waals surface area (Å²) in [4.78, 5) is 1.98. The summed E-state index contributed by atoms with van der Waals surface area (Å²) in [6, 6.07) is 3.51. The molecule has 0 atom stereocenters. The van der Waals surface area contributed by atoms with E-state index in [4.69, 9.17) is 10.5 Å². The minimum absolute atomic E-state index is 0.562. The van der Waals surface area contributed by atoms with E-state index >= 15 is 0 Å². The van der Waals surface area contributed by atoms with Gasteiger partial charge in [0.25, 0.3) is 0 Å². The van der Waals surface area contributed by atoms with E-state index in [1.54, 1.807) is 0 Å². The van der Waals surface area contributed by atoms with Gasteiger partial charge in [-0.1, -0.05) is 26.7 Å². The van der Waals surface area contributed by atoms with Gasteiger partial charge in [-0.25, -0.2) is 0 Å². The smallest absolute Gasteiger partial charge is 0.186 e. The summed E-state index contributed by atoms with van der Waals surface area (Å²) in [6.45, 7) is 5.96. The third-order valence-corrected chi connectivity index (χ3v) is 2.21. The summed E-state index contributed by atoms with van der Waals surface area (Å²) < 4.78 is 0. The molecule has 0 aromatic heterocycles. The van der Waals surface area contributed by atoms with Crippen LogP contribution >= 0.6 is 0 Å². The highest BCUT2D eigenvalue weighted by atomic mass is 15.1. The molecule has 3 nitrogen and oxygen atoms in total. The number of hydrogen-bond acceptors (Lipinski definition) is 3. The van der Waals surface area contributed by atoms with Gasteiger partial charge in [-0.3, -0.25) is 4.90 Å². The monoisotopic (exact) mass is 193 g/mol. The van der Waals surface area contributed by atoms with Crippen LogP contribution in [0.1, 0.15) is 39.5 Å². The zero-order chi connectivity index (χ0) is 10.8. The van der Waals surface area contributed by atoms with Crippen molar-refractivity contribution in [1.82, 2.24) is 4.90 Å². The fourth-order valence-electron chi connectivity index (χ4n) is 1.28. The zero-order valence-corrected chi connectivity index (χ0v) is 9.16. The van der Waals surface area contributed by atoms with Gasteiger partial charge in [0.15, 0.2) is 6.04 Å². The summed E-state index contributed by atoms with van der Waals surface area (Å²) in [6.07, 6.45) is 4.32. The molecule has 0 aliphatic heterocycles. The first-order valence-electron chi connectivity index (χ1n) is 5.33. The predicted molar refractivity (Wildman–Crippen MR) is 56.4 cm³/mol. The maximum Gasteiger partial charge on any atom is 0.186 e. The van der Waals surface area contributed by atoms with Gasteiger partial charge in [-0.2, -0.15) is 10.5 Å². The number of nitrogens with zero attached hydrogens (tertiary/aromatic N) is 3. The van der Waals surface area contributed by atoms with Crippen LogP contribution in [-0.4, -0.2) is 24.0 Å². The van der Waals surface area contributed by atoms with Gasteiger partial charge >= 0.3 is 0 Å². The Morgan fingerprint density at radius 3 is 1.71 bits per heavy atom. The van der Waals surface area contributed by atoms with Crippen LogP contribution in [0.2, 0.25) is 0 Å². The molecule has 0 N–H and O–H groups in total. The van der Waals surface area contributed by atoms with Crippen LogP contribution in [0.4, 0.5) is 0 Å². The standard InChI is InChI=1S/C11H19N3/c1-3-5-7-14(8-6-4-2)11(9-12)10-13/h11H,3-8H2,1-2H3. The Bertz CT molecular complexity index is 190. The van der Waals surface area contributed by atoms with Crippen molar-refractivity contribution in [1.29, 1.82) is 10.5 Å². The van der Waals surface area contributed by atoms with Gasteiger partial charge in [0.2, 0.25) is 0 Å². The molecule has 0 saturated heterocycles. The quantitative estimate of drug-likeness (QED) is 0.623. The summed E-state index contributed by atoms with van der Waals surface area (Å²) in [5.41, 5.74) is 0. The van der Waals surface area contributed by atoms with Gasteiger partial charge in [-0.05, 0) is 12.8 Å². The normalized spacial score (nSPS) is 10.1. The van der Waals surface area contributed by atoms with Crippen LogP contribution in [0.5, 0.6) is 0 Å². The second kappa shape index (κ2) is 8.53. The molecule has 78 valence electrons. The summed E-state index contributed by atoms with van der Waals surface area (Å²) >= 11 is 0. The minimum atomic E-state index is -0.562. The molecule has 0 spiro atoms. The highest BCUT2D eigenvalue weighted by Crippen LogP contribution is 2.03. The molecule has 0 heterocycles. The molecule has 0 aromatic carbocycles. The molecule has 0 aliphatic carbocycles. The number of nitriles is 2. The van der Waals surface area contributed by atoms with Crippen molar-refractivity contribution in [2.45, 2.75) is 45.6 Å². The number of rotatable bonds is 7. The van der Waals surface area contributed by atoms with E-state index in [9.17, 15) is 0 Å². The van der Waals surface area contributed by atoms with Gasteiger partial charge in [0.05, 0.1) is 12.1 Å². The molecule has 0 amide bonds. The second-order valence-electron chi connectivity index (χ2n) is 3.40. The predicted octanol–water partition coefficient (Wildman–Crippen LogP) is 2.30. The fraction of sp³-hybridized carbons (Fsp3) is 0.818. The third-order valence-electron chi connectivity index (χ3n) is 2.21. The summed E-state index contributed by atoms with van der Waals surface area (Å²) in [5, 5.41) is 17.6. The summed E-state index contributed by atoms with van der Waals surface area (Å²) in [7, 11) is 0. The maximum atomic E-state index is 8.78. The minimum Gasteiger partial charge on any atom is -0.276 e. The maximum absolute atomic E-state index is 8.78. The molecule has 0 unspecified atom stereocenters. The van der Waals surface area contributed by atoms with E-state index in [0.29, 0.717) is 0 Å². The van der Waals surface area contributed by atoms with Gasteiger partial charge < -0.3 is 0 Å². The van der Waals surface area contributed by atoms with Crippen LogP contribution in [-0.2, 0) is 0 Å². The van der Waals surface area contributed by atoms with Crippen LogP contribution < -0.4 is 0 Å². The van der Waals surface area contributed by atoms with Crippen molar-refractivity contribution in [2.75, 3.05) is 13.1 Å². The van der Waals surface area contributed by atoms with Gasteiger partial charge in [-0.15, -0.1) is 0 Å². The van der Waals surface area contributed by atoms with E-state index in [1.165, 1.54) is 0 Å². The van der Waals surface area contributed by atoms with Crippen molar-refractivity contribution in [3.8, 4) is 12.1 Å². The molecule has 14 heavy (non-hydrogen) atoms. The highest BCUT2D eigenvalue weighted by Gasteiger charge is 2.15. The molecular formula is C11H19N3. The van der Waals surface area contributed by atoms with Crippen LogP contribution in [0.15, 0.2) is 0 Å². The van der Waals surface area contributed by atoms with Crippen LogP contribution in [0.25, 0.3) is 0 Å². The molecule has 0 saturated carbocycles. The van der Waals surface area contributed by atoms with E-state index in [0.717, 1.165) is 38.8 Å². The first kappa shape index (κ1) is 12.9. The second-order valence-corrected chi connectivity index (χ2v) is 3.40. The van der Waals surface area contributed by atoms with E-state index in [1.807, 2.05) is 17.0 Å². The third kappa shape index (κ3) is 4.84. The molecule has 0 bridgehead atoms. The van der Waals surface area contributed by atoms with Crippen molar-refractivity contribution < 1.29 is 0 Å². The SMILES string of the molecule is CCCCN(CCCC)C(C#N)C#N. The van der Waals surface area contributed by atoms with E-state index < -0.39 is 6.04 Å². The lowest BCUT2D eigenvalue weighted by atomic mass is 10.2. The van der Waals surface area contributed by atoms with Gasteiger partial charge in [0, 0.05) is 13.1 Å². The average Bonchev–Trinajstić information content (AvgIpc) is 2.22. The number of hydrogen-bond donors (Lipinski definition) is 0. The Kier molecular flexibility index (Phi) is 7.89. The van der Waals surface area contributed by atoms with Crippen molar-refractivity contribution in [3.63, 3.8) is 0 Å². The lowest BCUT2D eigenvalue weighted by Gasteiger charge is -2.22. The fourth-order valence-corrected chi connectivity index (χ4v) is 1.28. The van der Waals surface area contributed by atoms with Gasteiger partial charge in [0.1, 0.15) is 0 Å². The van der Waals surface area contributed by atoms with E-state index in [2.05, 4.69) is 13.8 Å². The average molecular weight is 193 g/mol. The van der Waals surface area contributed by atoms with Crippen molar-refractivity contribution in [2.24, 2.45) is 0 Å². The Hall–Kier alpha value is -1.06. The lowest BCUT2D eigenvalue weighted by Crippen LogP contribution is -2.34. The summed E-state index contributed by atoms with van der Waals surface area (Å²) in [5.74, 6) is 0. The van der Waals surface area contributed by atoms with Crippen LogP contribution in [0, 0.1) is 22.7 Å². The molecule has 0 radical (unpaired) electrons. The molecule has 0 aliphatic rings. The first-order chi connectivity index (χ1) is 6.79. The molecule has 0 aromatic rings. The Labute approximate surface area is 86.9 Å². The molecule has 3 heteroatoms. The van der Waals surface area contributed by atoms with Crippen molar-refractivity contribution >= 4 is 0 Å². The highest BCUT2D eigenvalue weighted by molar-refractivity contribution is 5.07. The van der Waals surface area contributed by atoms with Crippen LogP contribution in [0.3, 0.4) is 0 Å². The Balaban J connectivity index is 4.09. The zero-order valence-electron chi connectivity index (χ0n) is 9.16. The van der Waals surface area contributed by atoms with E-state index in [-0.39, 0.29) is 0 Å². The Morgan fingerprint density at radius 2 is 1.43 bits per heavy atom. The first-order valence-corrected chi connectivity index (χ1v) is 5.33. The molecule has 0 fully saturated rings. The van der Waals surface area contributed by atoms with Crippen molar-refractivity contribution in [3.05, 3.63) is 0 Å². The topological polar surface area (TPSA) is 50.8 Å². The Morgan fingerprint density at radius 1 is 1.00 bits per heavy atom. The molecular weight excluding hydrogens is 174 g/mol.